The summed E-state index contributed by atoms with van der Waals surface area (Å²) < 4.78 is 0. The lowest BCUT2D eigenvalue weighted by Gasteiger charge is -2.05. The van der Waals surface area contributed by atoms with Crippen molar-refractivity contribution >= 4 is 11.6 Å². The van der Waals surface area contributed by atoms with E-state index >= 15 is 0 Å². The quantitative estimate of drug-likeness (QED) is 0.781. The summed E-state index contributed by atoms with van der Waals surface area (Å²) >= 11 is 0. The number of hydrogen-bond acceptors (Lipinski definition) is 3. The maximum atomic E-state index is 4.22. The third kappa shape index (κ3) is 1.88. The van der Waals surface area contributed by atoms with E-state index < -0.39 is 0 Å². The summed E-state index contributed by atoms with van der Waals surface area (Å²) in [5, 5.41) is 3.15. The first kappa shape index (κ1) is 8.69. The first-order valence-electron chi connectivity index (χ1n) is 4.46. The fourth-order valence-corrected chi connectivity index (χ4v) is 1.17. The van der Waals surface area contributed by atoms with Crippen molar-refractivity contribution in [2.75, 3.05) is 5.32 Å². The molecule has 70 valence electrons. The van der Waals surface area contributed by atoms with Gasteiger partial charge in [0.15, 0.2) is 0 Å². The molecule has 2 heterocycles. The molecule has 0 saturated heterocycles. The lowest BCUT2D eigenvalue weighted by molar-refractivity contribution is 1.22. The highest BCUT2D eigenvalue weighted by atomic mass is 15.0. The molecule has 0 spiro atoms. The molecule has 3 nitrogen and oxygen atoms in total. The minimum absolute atomic E-state index is 0.814. The molecule has 0 radical (unpaired) electrons. The number of anilines is 2. The van der Waals surface area contributed by atoms with Crippen LogP contribution in [0.1, 0.15) is 5.56 Å². The summed E-state index contributed by atoms with van der Waals surface area (Å²) in [6.07, 6.45) is 3.51. The highest BCUT2D eigenvalue weighted by Gasteiger charge is 1.98. The fourth-order valence-electron chi connectivity index (χ4n) is 1.17. The summed E-state index contributed by atoms with van der Waals surface area (Å²) in [7, 11) is 0. The summed E-state index contributed by atoms with van der Waals surface area (Å²) in [6, 6.07) is 9.66. The number of aryl methyl sites for hydroxylation is 1. The number of pyridine rings is 2. The van der Waals surface area contributed by atoms with E-state index in [0.29, 0.717) is 0 Å². The largest absolute Gasteiger partial charge is 0.325 e. The third-order valence-corrected chi connectivity index (χ3v) is 1.92. The van der Waals surface area contributed by atoms with Gasteiger partial charge in [0.05, 0.1) is 0 Å². The van der Waals surface area contributed by atoms with Gasteiger partial charge in [0.25, 0.3) is 0 Å². The van der Waals surface area contributed by atoms with Crippen LogP contribution in [0.5, 0.6) is 0 Å². The zero-order valence-electron chi connectivity index (χ0n) is 7.94. The molecule has 2 rings (SSSR count). The SMILES string of the molecule is Cc1cccnc1Nc1ccccn1. The van der Waals surface area contributed by atoms with Gasteiger partial charge in [-0.1, -0.05) is 12.1 Å². The molecule has 3 heteroatoms. The normalized spacial score (nSPS) is 9.79. The third-order valence-electron chi connectivity index (χ3n) is 1.92. The second-order valence-corrected chi connectivity index (χ2v) is 3.01. The van der Waals surface area contributed by atoms with Crippen LogP contribution in [0.2, 0.25) is 0 Å². The first-order valence-corrected chi connectivity index (χ1v) is 4.46. The van der Waals surface area contributed by atoms with Crippen LogP contribution in [0, 0.1) is 6.92 Å². The Hall–Kier alpha value is -1.90. The van der Waals surface area contributed by atoms with E-state index in [2.05, 4.69) is 15.3 Å². The van der Waals surface area contributed by atoms with Crippen molar-refractivity contribution in [3.05, 3.63) is 48.3 Å². The number of nitrogens with zero attached hydrogens (tertiary/aromatic N) is 2. The Labute approximate surface area is 82.8 Å². The van der Waals surface area contributed by atoms with E-state index in [9.17, 15) is 0 Å². The minimum atomic E-state index is 0.814. The molecule has 2 aromatic heterocycles. The van der Waals surface area contributed by atoms with Crippen molar-refractivity contribution in [1.82, 2.24) is 9.97 Å². The van der Waals surface area contributed by atoms with Gasteiger partial charge in [0.1, 0.15) is 11.6 Å². The molecule has 2 aromatic rings. The predicted molar refractivity (Wildman–Crippen MR) is 56.5 cm³/mol. The molecule has 0 aromatic carbocycles. The zero-order chi connectivity index (χ0) is 9.80. The Morgan fingerprint density at radius 3 is 2.57 bits per heavy atom. The summed E-state index contributed by atoms with van der Waals surface area (Å²) in [4.78, 5) is 8.39. The van der Waals surface area contributed by atoms with Gasteiger partial charge < -0.3 is 5.32 Å². The Morgan fingerprint density at radius 2 is 1.86 bits per heavy atom. The Kier molecular flexibility index (Phi) is 2.40. The molecule has 0 saturated carbocycles. The molecule has 0 unspecified atom stereocenters. The van der Waals surface area contributed by atoms with Crippen LogP contribution in [0.3, 0.4) is 0 Å². The molecular formula is C11H11N3. The van der Waals surface area contributed by atoms with Crippen molar-refractivity contribution in [3.63, 3.8) is 0 Å². The highest BCUT2D eigenvalue weighted by Crippen LogP contribution is 2.14. The highest BCUT2D eigenvalue weighted by molar-refractivity contribution is 5.54. The zero-order valence-corrected chi connectivity index (χ0v) is 7.94. The number of nitrogens with one attached hydrogen (secondary N) is 1. The van der Waals surface area contributed by atoms with Gasteiger partial charge in [-0.15, -0.1) is 0 Å². The van der Waals surface area contributed by atoms with E-state index in [0.717, 1.165) is 17.2 Å². The Balaban J connectivity index is 2.24. The lowest BCUT2D eigenvalue weighted by atomic mass is 10.3. The summed E-state index contributed by atoms with van der Waals surface area (Å²) in [5.41, 5.74) is 1.11. The van der Waals surface area contributed by atoms with Crippen molar-refractivity contribution < 1.29 is 0 Å². The van der Waals surface area contributed by atoms with Crippen molar-refractivity contribution in [2.45, 2.75) is 6.92 Å². The Bertz CT molecular complexity index is 412. The smallest absolute Gasteiger partial charge is 0.134 e. The van der Waals surface area contributed by atoms with Gasteiger partial charge in [-0.3, -0.25) is 0 Å². The molecule has 0 fully saturated rings. The molecule has 0 atom stereocenters. The number of aromatic nitrogens is 2. The molecule has 0 amide bonds. The topological polar surface area (TPSA) is 37.8 Å². The second kappa shape index (κ2) is 3.87. The fraction of sp³-hybridized carbons (Fsp3) is 0.0909. The molecular weight excluding hydrogens is 174 g/mol. The number of hydrogen-bond donors (Lipinski definition) is 1. The molecule has 14 heavy (non-hydrogen) atoms. The summed E-state index contributed by atoms with van der Waals surface area (Å²) in [6.45, 7) is 2.01. The van der Waals surface area contributed by atoms with Crippen LogP contribution in [-0.2, 0) is 0 Å². The van der Waals surface area contributed by atoms with E-state index in [4.69, 9.17) is 0 Å². The molecule has 0 bridgehead atoms. The van der Waals surface area contributed by atoms with Crippen LogP contribution in [0.15, 0.2) is 42.7 Å². The van der Waals surface area contributed by atoms with Gasteiger partial charge in [-0.05, 0) is 30.7 Å². The standard InChI is InChI=1S/C11H11N3/c1-9-5-4-8-13-11(9)14-10-6-2-3-7-12-10/h2-8H,1H3,(H,12,13,14). The van der Waals surface area contributed by atoms with Gasteiger partial charge >= 0.3 is 0 Å². The molecule has 0 aliphatic rings. The van der Waals surface area contributed by atoms with Crippen LogP contribution in [0.4, 0.5) is 11.6 Å². The average molecular weight is 185 g/mol. The number of rotatable bonds is 2. The van der Waals surface area contributed by atoms with Crippen molar-refractivity contribution in [1.29, 1.82) is 0 Å². The molecule has 0 aliphatic heterocycles. The van der Waals surface area contributed by atoms with E-state index in [1.165, 1.54) is 0 Å². The Morgan fingerprint density at radius 1 is 1.00 bits per heavy atom. The van der Waals surface area contributed by atoms with Crippen LogP contribution in [0.25, 0.3) is 0 Å². The van der Waals surface area contributed by atoms with E-state index in [1.807, 2.05) is 37.3 Å². The van der Waals surface area contributed by atoms with Gasteiger partial charge in [0, 0.05) is 12.4 Å². The van der Waals surface area contributed by atoms with E-state index in [1.54, 1.807) is 12.4 Å². The minimum Gasteiger partial charge on any atom is -0.325 e. The summed E-state index contributed by atoms with van der Waals surface area (Å²) in [5.74, 6) is 1.67. The van der Waals surface area contributed by atoms with Gasteiger partial charge in [-0.2, -0.15) is 0 Å². The average Bonchev–Trinajstić information content (AvgIpc) is 2.23. The van der Waals surface area contributed by atoms with E-state index in [-0.39, 0.29) is 0 Å². The molecule has 0 aliphatic carbocycles. The lowest BCUT2D eigenvalue weighted by Crippen LogP contribution is -1.96. The van der Waals surface area contributed by atoms with Crippen LogP contribution < -0.4 is 5.32 Å². The predicted octanol–water partition coefficient (Wildman–Crippen LogP) is 2.53. The maximum Gasteiger partial charge on any atom is 0.134 e. The first-order chi connectivity index (χ1) is 6.86. The molecule has 1 N–H and O–H groups in total. The van der Waals surface area contributed by atoms with Crippen LogP contribution in [-0.4, -0.2) is 9.97 Å². The van der Waals surface area contributed by atoms with Gasteiger partial charge in [-0.25, -0.2) is 9.97 Å². The maximum absolute atomic E-state index is 4.22. The van der Waals surface area contributed by atoms with Crippen LogP contribution >= 0.6 is 0 Å². The van der Waals surface area contributed by atoms with Crippen molar-refractivity contribution in [3.8, 4) is 0 Å². The van der Waals surface area contributed by atoms with Crippen molar-refractivity contribution in [2.24, 2.45) is 0 Å². The second-order valence-electron chi connectivity index (χ2n) is 3.01. The van der Waals surface area contributed by atoms with Gasteiger partial charge in [0.2, 0.25) is 0 Å². The monoisotopic (exact) mass is 185 g/mol.